The Hall–Kier alpha value is -1.22. The molecule has 3 heteroatoms. The van der Waals surface area contributed by atoms with E-state index in [2.05, 4.69) is 45.0 Å². The Morgan fingerprint density at radius 2 is 1.95 bits per heavy atom. The molecule has 1 aliphatic carbocycles. The second kappa shape index (κ2) is 6.49. The van der Waals surface area contributed by atoms with E-state index in [1.54, 1.807) is 5.41 Å². The van der Waals surface area contributed by atoms with Crippen LogP contribution in [0.2, 0.25) is 0 Å². The van der Waals surface area contributed by atoms with E-state index < -0.39 is 0 Å². The molecule has 1 aromatic carbocycles. The first-order valence-corrected chi connectivity index (χ1v) is 7.93. The molecule has 0 radical (unpaired) electrons. The van der Waals surface area contributed by atoms with E-state index in [1.165, 1.54) is 36.2 Å². The third-order valence-corrected chi connectivity index (χ3v) is 4.10. The number of carbonyl (C=O) groups is 1. The maximum absolute atomic E-state index is 11.4. The largest absolute Gasteiger partial charge is 0.462 e. The van der Waals surface area contributed by atoms with Gasteiger partial charge in [-0.05, 0) is 47.3 Å². The number of hydrogen-bond acceptors (Lipinski definition) is 3. The Morgan fingerprint density at radius 1 is 1.30 bits per heavy atom. The predicted molar refractivity (Wildman–Crippen MR) is 83.8 cm³/mol. The average molecular weight is 290 g/mol. The van der Waals surface area contributed by atoms with Crippen molar-refractivity contribution < 1.29 is 9.53 Å². The molecule has 0 aromatic heterocycles. The number of ether oxygens (including phenoxy) is 1. The van der Waals surface area contributed by atoms with Crippen LogP contribution in [0.1, 0.15) is 39.2 Å². The Balaban J connectivity index is 1.79. The molecule has 1 aliphatic rings. The highest BCUT2D eigenvalue weighted by atomic mass is 32.2. The Morgan fingerprint density at radius 3 is 2.50 bits per heavy atom. The molecule has 0 unspecified atom stereocenters. The van der Waals surface area contributed by atoms with E-state index in [9.17, 15) is 4.79 Å². The van der Waals surface area contributed by atoms with E-state index in [0.29, 0.717) is 12.5 Å². The summed E-state index contributed by atoms with van der Waals surface area (Å²) in [6.45, 7) is 7.18. The minimum Gasteiger partial charge on any atom is -0.462 e. The lowest BCUT2D eigenvalue weighted by atomic mass is 9.87. The zero-order valence-electron chi connectivity index (χ0n) is 12.4. The van der Waals surface area contributed by atoms with Crippen molar-refractivity contribution in [2.45, 2.75) is 43.9 Å². The van der Waals surface area contributed by atoms with Crippen molar-refractivity contribution in [1.29, 1.82) is 0 Å². The van der Waals surface area contributed by atoms with Crippen LogP contribution in [0.3, 0.4) is 0 Å². The van der Waals surface area contributed by atoms with Crippen LogP contribution in [0.5, 0.6) is 0 Å². The summed E-state index contributed by atoms with van der Waals surface area (Å²) < 4.78 is 5.13. The molecule has 0 saturated heterocycles. The van der Waals surface area contributed by atoms with E-state index in [4.69, 9.17) is 4.74 Å². The maximum atomic E-state index is 11.4. The second-order valence-electron chi connectivity index (χ2n) is 6.27. The smallest absolute Gasteiger partial charge is 0.331 e. The van der Waals surface area contributed by atoms with Crippen LogP contribution < -0.4 is 0 Å². The van der Waals surface area contributed by atoms with E-state index in [0.717, 1.165) is 4.90 Å². The standard InChI is InChI=1S/C17H22O2S/c1-17(2,3)14-6-8-15(9-7-14)20-11-10-16(18)19-12-13-4-5-13/h6-11,13H,4-5,12H2,1-3H3/b11-10-. The van der Waals surface area contributed by atoms with Gasteiger partial charge in [0.2, 0.25) is 0 Å². The third-order valence-electron chi connectivity index (χ3n) is 3.29. The normalized spacial score (nSPS) is 15.6. The van der Waals surface area contributed by atoms with Gasteiger partial charge in [-0.3, -0.25) is 0 Å². The van der Waals surface area contributed by atoms with Crippen LogP contribution in [0.25, 0.3) is 0 Å². The Bertz CT molecular complexity index is 479. The predicted octanol–water partition coefficient (Wildman–Crippen LogP) is 4.54. The van der Waals surface area contributed by atoms with Gasteiger partial charge in [-0.2, -0.15) is 0 Å². The lowest BCUT2D eigenvalue weighted by Crippen LogP contribution is -2.10. The van der Waals surface area contributed by atoms with Crippen LogP contribution >= 0.6 is 11.8 Å². The molecule has 20 heavy (non-hydrogen) atoms. The summed E-state index contributed by atoms with van der Waals surface area (Å²) in [4.78, 5) is 12.6. The summed E-state index contributed by atoms with van der Waals surface area (Å²) in [6.07, 6.45) is 3.91. The van der Waals surface area contributed by atoms with Crippen molar-refractivity contribution in [3.05, 3.63) is 41.3 Å². The quantitative estimate of drug-likeness (QED) is 0.452. The average Bonchev–Trinajstić information content (AvgIpc) is 3.20. The molecular weight excluding hydrogens is 268 g/mol. The maximum Gasteiger partial charge on any atom is 0.331 e. The molecule has 1 fully saturated rings. The molecule has 1 saturated carbocycles. The van der Waals surface area contributed by atoms with Gasteiger partial charge in [-0.15, -0.1) is 0 Å². The van der Waals surface area contributed by atoms with Gasteiger partial charge >= 0.3 is 5.97 Å². The molecule has 0 heterocycles. The first-order valence-electron chi connectivity index (χ1n) is 7.05. The monoisotopic (exact) mass is 290 g/mol. The van der Waals surface area contributed by atoms with Crippen molar-refractivity contribution >= 4 is 17.7 Å². The van der Waals surface area contributed by atoms with Gasteiger partial charge in [-0.1, -0.05) is 44.7 Å². The van der Waals surface area contributed by atoms with Crippen molar-refractivity contribution in [3.8, 4) is 0 Å². The molecule has 0 atom stereocenters. The summed E-state index contributed by atoms with van der Waals surface area (Å²) in [5, 5.41) is 1.79. The highest BCUT2D eigenvalue weighted by Gasteiger charge is 2.22. The minimum absolute atomic E-state index is 0.172. The molecule has 0 aliphatic heterocycles. The highest BCUT2D eigenvalue weighted by molar-refractivity contribution is 8.02. The van der Waals surface area contributed by atoms with Crippen molar-refractivity contribution in [1.82, 2.24) is 0 Å². The van der Waals surface area contributed by atoms with Crippen molar-refractivity contribution in [3.63, 3.8) is 0 Å². The summed E-state index contributed by atoms with van der Waals surface area (Å²) in [5.41, 5.74) is 1.49. The molecule has 2 nitrogen and oxygen atoms in total. The van der Waals surface area contributed by atoms with Gasteiger partial charge in [0.15, 0.2) is 0 Å². The fourth-order valence-electron chi connectivity index (χ4n) is 1.73. The summed E-state index contributed by atoms with van der Waals surface area (Å²) >= 11 is 1.54. The number of thioether (sulfide) groups is 1. The van der Waals surface area contributed by atoms with Gasteiger partial charge in [0, 0.05) is 11.0 Å². The lowest BCUT2D eigenvalue weighted by Gasteiger charge is -2.18. The molecule has 0 spiro atoms. The van der Waals surface area contributed by atoms with Gasteiger partial charge in [0.1, 0.15) is 0 Å². The van der Waals surface area contributed by atoms with Crippen molar-refractivity contribution in [2.75, 3.05) is 6.61 Å². The van der Waals surface area contributed by atoms with Crippen LogP contribution in [-0.2, 0) is 14.9 Å². The van der Waals surface area contributed by atoms with E-state index >= 15 is 0 Å². The van der Waals surface area contributed by atoms with Crippen LogP contribution in [0, 0.1) is 5.92 Å². The Labute approximate surface area is 125 Å². The lowest BCUT2D eigenvalue weighted by molar-refractivity contribution is -0.138. The first-order chi connectivity index (χ1) is 9.45. The Kier molecular flexibility index (Phi) is 4.92. The zero-order valence-corrected chi connectivity index (χ0v) is 13.2. The summed E-state index contributed by atoms with van der Waals surface area (Å²) in [6, 6.07) is 8.46. The summed E-state index contributed by atoms with van der Waals surface area (Å²) in [7, 11) is 0. The number of hydrogen-bond donors (Lipinski definition) is 0. The van der Waals surface area contributed by atoms with Gasteiger partial charge in [-0.25, -0.2) is 4.79 Å². The van der Waals surface area contributed by atoms with Gasteiger partial charge in [0.25, 0.3) is 0 Å². The molecule has 108 valence electrons. The van der Waals surface area contributed by atoms with Crippen molar-refractivity contribution in [2.24, 2.45) is 5.92 Å². The summed E-state index contributed by atoms with van der Waals surface area (Å²) in [5.74, 6) is 0.376. The molecule has 2 rings (SSSR count). The number of benzene rings is 1. The number of carbonyl (C=O) groups excluding carboxylic acids is 1. The molecular formula is C17H22O2S. The third kappa shape index (κ3) is 5.04. The highest BCUT2D eigenvalue weighted by Crippen LogP contribution is 2.29. The fourth-order valence-corrected chi connectivity index (χ4v) is 2.36. The van der Waals surface area contributed by atoms with E-state index in [1.807, 2.05) is 0 Å². The van der Waals surface area contributed by atoms with Crippen LogP contribution in [-0.4, -0.2) is 12.6 Å². The second-order valence-corrected chi connectivity index (χ2v) is 7.25. The number of esters is 1. The number of rotatable bonds is 5. The minimum atomic E-state index is -0.240. The van der Waals surface area contributed by atoms with Gasteiger partial charge in [0.05, 0.1) is 6.61 Å². The zero-order chi connectivity index (χ0) is 14.6. The first kappa shape index (κ1) is 15.2. The van der Waals surface area contributed by atoms with Gasteiger partial charge < -0.3 is 4.74 Å². The van der Waals surface area contributed by atoms with Crippen LogP contribution in [0.15, 0.2) is 40.6 Å². The van der Waals surface area contributed by atoms with Crippen LogP contribution in [0.4, 0.5) is 0 Å². The molecule has 0 bridgehead atoms. The molecule has 1 aromatic rings. The molecule has 0 amide bonds. The van der Waals surface area contributed by atoms with E-state index in [-0.39, 0.29) is 11.4 Å². The molecule has 0 N–H and O–H groups in total. The SMILES string of the molecule is CC(C)(C)c1ccc(S/C=C\C(=O)OCC2CC2)cc1. The topological polar surface area (TPSA) is 26.3 Å². The fraction of sp³-hybridized carbons (Fsp3) is 0.471.